The summed E-state index contributed by atoms with van der Waals surface area (Å²) >= 11 is 0. The molecule has 0 aliphatic rings. The van der Waals surface area contributed by atoms with E-state index in [1.165, 1.54) is 6.21 Å². The Balaban J connectivity index is 2.90. The molecule has 1 rings (SSSR count). The van der Waals surface area contributed by atoms with Crippen LogP contribution in [-0.2, 0) is 9.53 Å². The van der Waals surface area contributed by atoms with E-state index in [0.29, 0.717) is 12.4 Å². The average Bonchev–Trinajstić information content (AvgIpc) is 2.33. The molecule has 0 saturated carbocycles. The lowest BCUT2D eigenvalue weighted by molar-refractivity contribution is -0.158. The number of oxime groups is 1. The van der Waals surface area contributed by atoms with Crippen LogP contribution in [0.1, 0.15) is 31.9 Å². The van der Waals surface area contributed by atoms with Gasteiger partial charge in [0.05, 0.1) is 12.8 Å². The minimum Gasteiger partial charge on any atom is -0.476 e. The molecule has 104 valence electrons. The molecule has 0 fully saturated rings. The Labute approximate surface area is 112 Å². The zero-order chi connectivity index (χ0) is 14.5. The average molecular weight is 265 g/mol. The lowest BCUT2D eigenvalue weighted by Gasteiger charge is -2.25. The van der Waals surface area contributed by atoms with Gasteiger partial charge in [-0.25, -0.2) is 4.79 Å². The van der Waals surface area contributed by atoms with Crippen molar-refractivity contribution in [3.05, 3.63) is 29.3 Å². The number of benzene rings is 1. The van der Waals surface area contributed by atoms with E-state index in [0.717, 1.165) is 11.1 Å². The third-order valence-electron chi connectivity index (χ3n) is 2.54. The quantitative estimate of drug-likeness (QED) is 0.384. The molecule has 0 aromatic heterocycles. The summed E-state index contributed by atoms with van der Waals surface area (Å²) < 4.78 is 10.7. The first-order chi connectivity index (χ1) is 8.90. The summed E-state index contributed by atoms with van der Waals surface area (Å²) in [7, 11) is 0. The molecule has 5 nitrogen and oxygen atoms in total. The van der Waals surface area contributed by atoms with Crippen molar-refractivity contribution < 1.29 is 19.5 Å². The highest BCUT2D eigenvalue weighted by Gasteiger charge is 2.31. The molecule has 0 aliphatic heterocycles. The first kappa shape index (κ1) is 15.0. The fourth-order valence-electron chi connectivity index (χ4n) is 1.56. The molecule has 1 aromatic rings. The Morgan fingerprint density at radius 2 is 2.16 bits per heavy atom. The molecule has 0 bridgehead atoms. The maximum absolute atomic E-state index is 11.7. The van der Waals surface area contributed by atoms with E-state index in [-0.39, 0.29) is 0 Å². The van der Waals surface area contributed by atoms with Crippen LogP contribution >= 0.6 is 0 Å². The molecular formula is C14H19NO4. The Morgan fingerprint density at radius 3 is 2.68 bits per heavy atom. The summed E-state index contributed by atoms with van der Waals surface area (Å²) in [5.41, 5.74) is 0.545. The van der Waals surface area contributed by atoms with Crippen molar-refractivity contribution in [1.29, 1.82) is 0 Å². The van der Waals surface area contributed by atoms with Crippen LogP contribution in [0.3, 0.4) is 0 Å². The van der Waals surface area contributed by atoms with Gasteiger partial charge in [-0.05, 0) is 57.0 Å². The van der Waals surface area contributed by atoms with Crippen molar-refractivity contribution in [2.75, 3.05) is 6.61 Å². The number of rotatable bonds is 5. The van der Waals surface area contributed by atoms with Crippen LogP contribution in [-0.4, -0.2) is 29.6 Å². The number of hydrogen-bond acceptors (Lipinski definition) is 5. The van der Waals surface area contributed by atoms with E-state index in [9.17, 15) is 4.79 Å². The van der Waals surface area contributed by atoms with E-state index in [1.807, 2.05) is 6.92 Å². The van der Waals surface area contributed by atoms with Crippen molar-refractivity contribution in [3.63, 3.8) is 0 Å². The fourth-order valence-corrected chi connectivity index (χ4v) is 1.56. The molecule has 0 aliphatic carbocycles. The second-order valence-corrected chi connectivity index (χ2v) is 4.60. The largest absolute Gasteiger partial charge is 0.476 e. The third kappa shape index (κ3) is 3.98. The lowest BCUT2D eigenvalue weighted by Crippen LogP contribution is -2.39. The first-order valence-electron chi connectivity index (χ1n) is 6.05. The smallest absolute Gasteiger partial charge is 0.349 e. The normalized spacial score (nSPS) is 11.6. The molecule has 19 heavy (non-hydrogen) atoms. The summed E-state index contributed by atoms with van der Waals surface area (Å²) in [5.74, 6) is 0.184. The van der Waals surface area contributed by atoms with Gasteiger partial charge in [-0.1, -0.05) is 5.16 Å². The predicted molar refractivity (Wildman–Crippen MR) is 71.9 cm³/mol. The number of ether oxygens (including phenoxy) is 2. The van der Waals surface area contributed by atoms with Gasteiger partial charge in [0.2, 0.25) is 0 Å². The summed E-state index contributed by atoms with van der Waals surface area (Å²) in [6.07, 6.45) is 1.33. The third-order valence-corrected chi connectivity index (χ3v) is 2.54. The van der Waals surface area contributed by atoms with E-state index in [4.69, 9.17) is 14.7 Å². The molecule has 1 aromatic carbocycles. The summed E-state index contributed by atoms with van der Waals surface area (Å²) in [6.45, 7) is 7.24. The number of carbonyl (C=O) groups is 1. The van der Waals surface area contributed by atoms with E-state index in [2.05, 4.69) is 5.16 Å². The monoisotopic (exact) mass is 265 g/mol. The van der Waals surface area contributed by atoms with Crippen molar-refractivity contribution in [2.24, 2.45) is 5.16 Å². The van der Waals surface area contributed by atoms with Gasteiger partial charge in [0, 0.05) is 0 Å². The Bertz CT molecular complexity index is 480. The predicted octanol–water partition coefficient (Wildman–Crippen LogP) is 2.52. The van der Waals surface area contributed by atoms with Crippen molar-refractivity contribution in [1.82, 2.24) is 0 Å². The Kier molecular flexibility index (Phi) is 4.92. The van der Waals surface area contributed by atoms with Crippen LogP contribution in [0.2, 0.25) is 0 Å². The molecule has 0 saturated heterocycles. The van der Waals surface area contributed by atoms with Gasteiger partial charge in [-0.15, -0.1) is 0 Å². The zero-order valence-corrected chi connectivity index (χ0v) is 11.6. The topological polar surface area (TPSA) is 68.1 Å². The highest BCUT2D eigenvalue weighted by Crippen LogP contribution is 2.24. The van der Waals surface area contributed by atoms with Gasteiger partial charge in [-0.2, -0.15) is 0 Å². The number of esters is 1. The van der Waals surface area contributed by atoms with Gasteiger partial charge < -0.3 is 14.7 Å². The van der Waals surface area contributed by atoms with Crippen molar-refractivity contribution in [2.45, 2.75) is 33.3 Å². The van der Waals surface area contributed by atoms with Gasteiger partial charge >= 0.3 is 5.97 Å². The Hall–Kier alpha value is -2.04. The summed E-state index contributed by atoms with van der Waals surface area (Å²) in [6, 6.07) is 5.27. The van der Waals surface area contributed by atoms with Gasteiger partial charge in [0.25, 0.3) is 0 Å². The molecule has 0 heterocycles. The highest BCUT2D eigenvalue weighted by atomic mass is 16.6. The lowest BCUT2D eigenvalue weighted by atomic mass is 10.1. The van der Waals surface area contributed by atoms with Crippen LogP contribution in [0.25, 0.3) is 0 Å². The van der Waals surface area contributed by atoms with Crippen molar-refractivity contribution in [3.8, 4) is 5.75 Å². The van der Waals surface area contributed by atoms with Gasteiger partial charge in [0.1, 0.15) is 5.75 Å². The molecule has 0 atom stereocenters. The van der Waals surface area contributed by atoms with Crippen LogP contribution in [0.4, 0.5) is 0 Å². The first-order valence-corrected chi connectivity index (χ1v) is 6.05. The maximum atomic E-state index is 11.7. The SMILES string of the molecule is CCOC(=O)C(C)(C)Oc1ccc(C=NO)cc1C. The number of hydrogen-bond donors (Lipinski definition) is 1. The van der Waals surface area contributed by atoms with E-state index in [1.54, 1.807) is 39.0 Å². The molecule has 5 heteroatoms. The minimum atomic E-state index is -1.05. The Morgan fingerprint density at radius 1 is 1.47 bits per heavy atom. The van der Waals surface area contributed by atoms with Crippen LogP contribution in [0, 0.1) is 6.92 Å². The second-order valence-electron chi connectivity index (χ2n) is 4.60. The number of nitrogens with zero attached hydrogens (tertiary/aromatic N) is 1. The van der Waals surface area contributed by atoms with Crippen LogP contribution in [0.5, 0.6) is 5.75 Å². The van der Waals surface area contributed by atoms with Gasteiger partial charge in [0.15, 0.2) is 5.60 Å². The molecule has 0 spiro atoms. The van der Waals surface area contributed by atoms with Crippen molar-refractivity contribution >= 4 is 12.2 Å². The standard InChI is InChI=1S/C14H19NO4/c1-5-18-13(16)14(3,4)19-12-7-6-11(9-15-17)8-10(12)2/h6-9,17H,5H2,1-4H3. The number of carbonyl (C=O) groups excluding carboxylic acids is 1. The van der Waals surface area contributed by atoms with E-state index < -0.39 is 11.6 Å². The van der Waals surface area contributed by atoms with Gasteiger partial charge in [-0.3, -0.25) is 0 Å². The van der Waals surface area contributed by atoms with Crippen LogP contribution in [0.15, 0.2) is 23.4 Å². The molecular weight excluding hydrogens is 246 g/mol. The van der Waals surface area contributed by atoms with Crippen LogP contribution < -0.4 is 4.74 Å². The molecule has 0 unspecified atom stereocenters. The molecule has 1 N–H and O–H groups in total. The van der Waals surface area contributed by atoms with E-state index >= 15 is 0 Å². The summed E-state index contributed by atoms with van der Waals surface area (Å²) in [5, 5.41) is 11.4. The second kappa shape index (κ2) is 6.22. The molecule has 0 amide bonds. The minimum absolute atomic E-state index is 0.316. The summed E-state index contributed by atoms with van der Waals surface area (Å²) in [4.78, 5) is 11.7. The fraction of sp³-hybridized carbons (Fsp3) is 0.429. The zero-order valence-electron chi connectivity index (χ0n) is 11.6. The molecule has 0 radical (unpaired) electrons. The maximum Gasteiger partial charge on any atom is 0.349 e. The highest BCUT2D eigenvalue weighted by molar-refractivity contribution is 5.80. The number of aryl methyl sites for hydroxylation is 1.